The fourth-order valence-corrected chi connectivity index (χ4v) is 5.24. The molecule has 2 aromatic heterocycles. The summed E-state index contributed by atoms with van der Waals surface area (Å²) < 4.78 is 92.8. The van der Waals surface area contributed by atoms with Crippen LogP contribution in [0.5, 0.6) is 5.75 Å². The molecule has 0 bridgehead atoms. The Bertz CT molecular complexity index is 1630. The molecule has 17 heteroatoms. The molecule has 0 amide bonds. The molecule has 1 N–H and O–H groups in total. The number of aromatic amines is 1. The molecule has 9 nitrogen and oxygen atoms in total. The molecular formula is C29H27ClF6N4O5S. The second kappa shape index (κ2) is 15.7. The van der Waals surface area contributed by atoms with Gasteiger partial charge in [0.05, 0.1) is 47.6 Å². The van der Waals surface area contributed by atoms with Crippen LogP contribution >= 0.6 is 22.9 Å². The number of allylic oxidation sites excluding steroid dienone is 1. The molecule has 1 saturated heterocycles. The lowest BCUT2D eigenvalue weighted by atomic mass is 10.1. The van der Waals surface area contributed by atoms with Crippen molar-refractivity contribution in [1.29, 1.82) is 0 Å². The van der Waals surface area contributed by atoms with E-state index in [1.165, 1.54) is 23.5 Å². The number of hydrogen-bond donors (Lipinski definition) is 1. The molecule has 1 aliphatic rings. The summed E-state index contributed by atoms with van der Waals surface area (Å²) in [5.41, 5.74) is 0.951. The minimum Gasteiger partial charge on any atom is -0.488 e. The van der Waals surface area contributed by atoms with Gasteiger partial charge in [-0.3, -0.25) is 14.4 Å². The molecule has 3 heterocycles. The number of ether oxygens (including phenoxy) is 3. The molecule has 1 aliphatic heterocycles. The third kappa shape index (κ3) is 10.4. The number of benzene rings is 2. The number of nitrogens with one attached hydrogen (secondary N) is 1. The van der Waals surface area contributed by atoms with Gasteiger partial charge in [0.25, 0.3) is 0 Å². The number of alkyl halides is 6. The largest absolute Gasteiger partial charge is 0.488 e. The quantitative estimate of drug-likeness (QED) is 0.108. The van der Waals surface area contributed by atoms with Gasteiger partial charge in [-0.15, -0.1) is 11.3 Å². The van der Waals surface area contributed by atoms with E-state index in [1.54, 1.807) is 18.2 Å². The van der Waals surface area contributed by atoms with E-state index in [2.05, 4.69) is 31.1 Å². The van der Waals surface area contributed by atoms with Crippen LogP contribution in [0.25, 0.3) is 22.0 Å². The Morgan fingerprint density at radius 2 is 1.76 bits per heavy atom. The molecule has 2 aromatic carbocycles. The highest BCUT2D eigenvalue weighted by atomic mass is 35.5. The Morgan fingerprint density at radius 1 is 1.07 bits per heavy atom. The first-order chi connectivity index (χ1) is 21.8. The fourth-order valence-electron chi connectivity index (χ4n) is 3.99. The van der Waals surface area contributed by atoms with Gasteiger partial charge in [0.1, 0.15) is 17.4 Å². The van der Waals surface area contributed by atoms with Gasteiger partial charge >= 0.3 is 18.1 Å². The summed E-state index contributed by atoms with van der Waals surface area (Å²) in [4.78, 5) is 21.4. The van der Waals surface area contributed by atoms with E-state index in [9.17, 15) is 31.1 Å². The summed E-state index contributed by atoms with van der Waals surface area (Å²) in [6.07, 6.45) is -8.67. The normalized spacial score (nSPS) is 14.1. The highest BCUT2D eigenvalue weighted by molar-refractivity contribution is 7.15. The lowest BCUT2D eigenvalue weighted by molar-refractivity contribution is -0.137. The topological polar surface area (TPSA) is 103 Å². The van der Waals surface area contributed by atoms with Crippen LogP contribution in [0.2, 0.25) is 5.02 Å². The molecule has 248 valence electrons. The Kier molecular flexibility index (Phi) is 12.0. The number of rotatable bonds is 10. The lowest BCUT2D eigenvalue weighted by Gasteiger charge is -2.26. The zero-order valence-corrected chi connectivity index (χ0v) is 25.5. The van der Waals surface area contributed by atoms with Crippen LogP contribution in [-0.4, -0.2) is 65.7 Å². The van der Waals surface area contributed by atoms with E-state index < -0.39 is 23.7 Å². The third-order valence-electron chi connectivity index (χ3n) is 6.37. The lowest BCUT2D eigenvalue weighted by Crippen LogP contribution is -2.38. The average Bonchev–Trinajstić information content (AvgIpc) is 3.64. The summed E-state index contributed by atoms with van der Waals surface area (Å²) in [7, 11) is 0. The predicted molar refractivity (Wildman–Crippen MR) is 158 cm³/mol. The van der Waals surface area contributed by atoms with Gasteiger partial charge in [-0.2, -0.15) is 26.3 Å². The Balaban J connectivity index is 0.000000731. The van der Waals surface area contributed by atoms with Crippen LogP contribution in [0.4, 0.5) is 26.3 Å². The monoisotopic (exact) mass is 692 g/mol. The molecule has 0 atom stereocenters. The second-order valence-electron chi connectivity index (χ2n) is 9.59. The van der Waals surface area contributed by atoms with Crippen LogP contribution in [0.1, 0.15) is 16.1 Å². The minimum absolute atomic E-state index is 0.0625. The van der Waals surface area contributed by atoms with Crippen molar-refractivity contribution in [2.24, 2.45) is 0 Å². The van der Waals surface area contributed by atoms with E-state index in [1.807, 2.05) is 0 Å². The number of hydrogen-bond acceptors (Lipinski definition) is 9. The van der Waals surface area contributed by atoms with Crippen molar-refractivity contribution in [3.8, 4) is 27.7 Å². The minimum atomic E-state index is -4.42. The molecule has 4 aromatic rings. The van der Waals surface area contributed by atoms with Crippen LogP contribution < -0.4 is 10.5 Å². The van der Waals surface area contributed by atoms with Gasteiger partial charge in [-0.1, -0.05) is 35.5 Å². The van der Waals surface area contributed by atoms with E-state index in [0.717, 1.165) is 36.6 Å². The van der Waals surface area contributed by atoms with E-state index >= 15 is 0 Å². The summed E-state index contributed by atoms with van der Waals surface area (Å²) in [6, 6.07) is 9.78. The van der Waals surface area contributed by atoms with Crippen LogP contribution in [-0.2, 0) is 28.9 Å². The number of morpholine rings is 1. The molecule has 0 saturated carbocycles. The number of H-pyrrole nitrogens is 1. The second-order valence-corrected chi connectivity index (χ2v) is 11.1. The number of halogens is 7. The van der Waals surface area contributed by atoms with Crippen molar-refractivity contribution in [1.82, 2.24) is 20.0 Å². The fraction of sp³-hybridized carbons (Fsp3) is 0.345. The molecule has 46 heavy (non-hydrogen) atoms. The van der Waals surface area contributed by atoms with Gasteiger partial charge in [-0.25, -0.2) is 9.78 Å². The van der Waals surface area contributed by atoms with Crippen molar-refractivity contribution < 1.29 is 45.1 Å². The van der Waals surface area contributed by atoms with Crippen molar-refractivity contribution in [2.75, 3.05) is 39.5 Å². The van der Waals surface area contributed by atoms with Gasteiger partial charge in [0.15, 0.2) is 5.82 Å². The smallest absolute Gasteiger partial charge is 0.439 e. The molecule has 5 rings (SSSR count). The van der Waals surface area contributed by atoms with E-state index in [-0.39, 0.29) is 25.1 Å². The molecule has 0 radical (unpaired) electrons. The Hall–Kier alpha value is -3.70. The highest BCUT2D eigenvalue weighted by Gasteiger charge is 2.30. The SMILES string of the molecule is C=CC(F)(F)F.O=c1[nH]c(-c2ccc(OCc3sc(-c4ccc(C(F)(F)F)cc4)nc3COCCN3CCOCC3)cc2Cl)no1. The summed E-state index contributed by atoms with van der Waals surface area (Å²) >= 11 is 7.68. The average molecular weight is 693 g/mol. The molecule has 0 unspecified atom stereocenters. The molecule has 1 fully saturated rings. The summed E-state index contributed by atoms with van der Waals surface area (Å²) in [5.74, 6) is -0.0369. The summed E-state index contributed by atoms with van der Waals surface area (Å²) in [5, 5.41) is 4.49. The molecule has 0 aliphatic carbocycles. The van der Waals surface area contributed by atoms with Crippen molar-refractivity contribution in [2.45, 2.75) is 25.6 Å². The zero-order valence-electron chi connectivity index (χ0n) is 23.9. The van der Waals surface area contributed by atoms with Crippen molar-refractivity contribution >= 4 is 22.9 Å². The van der Waals surface area contributed by atoms with Gasteiger partial charge in [0, 0.05) is 36.8 Å². The number of nitrogens with zero attached hydrogens (tertiary/aromatic N) is 3. The van der Waals surface area contributed by atoms with Gasteiger partial charge < -0.3 is 14.2 Å². The number of thiazole rings is 1. The maximum absolute atomic E-state index is 13.0. The van der Waals surface area contributed by atoms with Crippen LogP contribution in [0.15, 0.2) is 64.4 Å². The van der Waals surface area contributed by atoms with E-state index in [4.69, 9.17) is 25.8 Å². The Labute approximate surface area is 267 Å². The first-order valence-corrected chi connectivity index (χ1v) is 14.7. The zero-order chi connectivity index (χ0) is 33.3. The van der Waals surface area contributed by atoms with Crippen LogP contribution in [0.3, 0.4) is 0 Å². The maximum atomic E-state index is 13.0. The van der Waals surface area contributed by atoms with Crippen LogP contribution in [0, 0.1) is 0 Å². The Morgan fingerprint density at radius 3 is 2.35 bits per heavy atom. The van der Waals surface area contributed by atoms with E-state index in [0.29, 0.717) is 52.4 Å². The van der Waals surface area contributed by atoms with Crippen molar-refractivity contribution in [3.63, 3.8) is 0 Å². The molecular weight excluding hydrogens is 666 g/mol. The summed E-state index contributed by atoms with van der Waals surface area (Å²) in [6.45, 7) is 7.22. The predicted octanol–water partition coefficient (Wildman–Crippen LogP) is 6.99. The first kappa shape index (κ1) is 35.2. The number of aromatic nitrogens is 3. The standard InChI is InChI=1S/C26H24ClF3N4O5S.C3H3F3/c27-20-13-18(5-6-19(20)23-32-25(35)39-33-23)38-15-22-21(14-37-12-9-34-7-10-36-11-8-34)31-24(40-22)16-1-3-17(4-2-16)26(28,29)30;1-2-3(4,5)6/h1-6,13H,7-12,14-15H2,(H,32,33,35);2H,1H2. The van der Waals surface area contributed by atoms with Crippen molar-refractivity contribution in [3.05, 3.63) is 86.8 Å². The van der Waals surface area contributed by atoms with Gasteiger partial charge in [0.2, 0.25) is 0 Å². The highest BCUT2D eigenvalue weighted by Crippen LogP contribution is 2.34. The first-order valence-electron chi connectivity index (χ1n) is 13.6. The maximum Gasteiger partial charge on any atom is 0.439 e. The third-order valence-corrected chi connectivity index (χ3v) is 7.80. The van der Waals surface area contributed by atoms with Gasteiger partial charge in [-0.05, 0) is 30.3 Å². The molecule has 0 spiro atoms.